The molecule has 1 aliphatic rings. The highest BCUT2D eigenvalue weighted by molar-refractivity contribution is 5.95. The molecule has 0 aliphatic heterocycles. The molecule has 1 aromatic rings. The van der Waals surface area contributed by atoms with E-state index in [-0.39, 0.29) is 18.4 Å². The van der Waals surface area contributed by atoms with Crippen molar-refractivity contribution in [3.8, 4) is 0 Å². The number of carbonyl (C=O) groups excluding carboxylic acids is 2. The van der Waals surface area contributed by atoms with Crippen molar-refractivity contribution < 1.29 is 9.59 Å². The van der Waals surface area contributed by atoms with Gasteiger partial charge in [-0.05, 0) is 42.9 Å². The molecule has 1 aromatic carbocycles. The van der Waals surface area contributed by atoms with Gasteiger partial charge in [-0.2, -0.15) is 0 Å². The first-order valence-electron chi connectivity index (χ1n) is 7.57. The van der Waals surface area contributed by atoms with Gasteiger partial charge in [0.1, 0.15) is 0 Å². The zero-order chi connectivity index (χ0) is 15.5. The van der Waals surface area contributed by atoms with Crippen LogP contribution >= 0.6 is 0 Å². The van der Waals surface area contributed by atoms with E-state index in [1.165, 1.54) is 24.0 Å². The summed E-state index contributed by atoms with van der Waals surface area (Å²) in [5.41, 5.74) is 2.99. The molecule has 0 unspecified atom stereocenters. The Hall–Kier alpha value is -1.84. The summed E-state index contributed by atoms with van der Waals surface area (Å²) in [6.45, 7) is 5.50. The van der Waals surface area contributed by atoms with E-state index in [1.807, 2.05) is 32.9 Å². The summed E-state index contributed by atoms with van der Waals surface area (Å²) in [4.78, 5) is 23.8. The van der Waals surface area contributed by atoms with Crippen LogP contribution in [0.5, 0.6) is 0 Å². The predicted molar refractivity (Wildman–Crippen MR) is 84.2 cm³/mol. The molecule has 0 saturated carbocycles. The molecule has 0 fully saturated rings. The number of rotatable bonds is 3. The topological polar surface area (TPSA) is 58.2 Å². The van der Waals surface area contributed by atoms with E-state index in [9.17, 15) is 9.59 Å². The average molecular weight is 288 g/mol. The number of fused-ring (bicyclic) bond motifs is 1. The van der Waals surface area contributed by atoms with Crippen LogP contribution in [0, 0.1) is 5.41 Å². The van der Waals surface area contributed by atoms with Crippen molar-refractivity contribution in [2.75, 3.05) is 11.9 Å². The Labute approximate surface area is 126 Å². The third-order valence-electron chi connectivity index (χ3n) is 3.76. The van der Waals surface area contributed by atoms with Gasteiger partial charge in [0.25, 0.3) is 0 Å². The van der Waals surface area contributed by atoms with Gasteiger partial charge < -0.3 is 10.6 Å². The smallest absolute Gasteiger partial charge is 0.243 e. The van der Waals surface area contributed by atoms with Gasteiger partial charge in [0.2, 0.25) is 11.8 Å². The Morgan fingerprint density at radius 3 is 2.57 bits per heavy atom. The van der Waals surface area contributed by atoms with Crippen LogP contribution in [0.2, 0.25) is 0 Å². The molecule has 1 aliphatic carbocycles. The maximum Gasteiger partial charge on any atom is 0.243 e. The number of hydrogen-bond acceptors (Lipinski definition) is 2. The highest BCUT2D eigenvalue weighted by Gasteiger charge is 2.21. The maximum atomic E-state index is 12.0. The Balaban J connectivity index is 1.96. The van der Waals surface area contributed by atoms with Crippen molar-refractivity contribution in [1.29, 1.82) is 0 Å². The molecular formula is C17H24N2O2. The molecular weight excluding hydrogens is 264 g/mol. The third kappa shape index (κ3) is 4.06. The van der Waals surface area contributed by atoms with E-state index < -0.39 is 5.41 Å². The number of carbonyl (C=O) groups is 2. The molecule has 2 N–H and O–H groups in total. The molecule has 114 valence electrons. The van der Waals surface area contributed by atoms with Crippen molar-refractivity contribution >= 4 is 17.5 Å². The summed E-state index contributed by atoms with van der Waals surface area (Å²) in [5, 5.41) is 5.59. The molecule has 4 heteroatoms. The Bertz CT molecular complexity index is 544. The lowest BCUT2D eigenvalue weighted by molar-refractivity contribution is -0.130. The first kappa shape index (κ1) is 15.5. The molecule has 0 aromatic heterocycles. The van der Waals surface area contributed by atoms with Gasteiger partial charge in [0.15, 0.2) is 0 Å². The lowest BCUT2D eigenvalue weighted by atomic mass is 9.90. The number of benzene rings is 1. The predicted octanol–water partition coefficient (Wildman–Crippen LogP) is 2.67. The summed E-state index contributed by atoms with van der Waals surface area (Å²) >= 11 is 0. The van der Waals surface area contributed by atoms with Crippen molar-refractivity contribution in [3.63, 3.8) is 0 Å². The maximum absolute atomic E-state index is 12.0. The van der Waals surface area contributed by atoms with Gasteiger partial charge in [-0.1, -0.05) is 32.9 Å². The Kier molecular flexibility index (Phi) is 4.66. The number of amides is 2. The third-order valence-corrected chi connectivity index (χ3v) is 3.76. The van der Waals surface area contributed by atoms with Gasteiger partial charge in [-0.3, -0.25) is 9.59 Å². The van der Waals surface area contributed by atoms with Crippen molar-refractivity contribution in [3.05, 3.63) is 29.3 Å². The summed E-state index contributed by atoms with van der Waals surface area (Å²) in [7, 11) is 0. The molecule has 0 heterocycles. The van der Waals surface area contributed by atoms with Crippen LogP contribution in [-0.4, -0.2) is 18.4 Å². The summed E-state index contributed by atoms with van der Waals surface area (Å²) in [5.74, 6) is -0.292. The lowest BCUT2D eigenvalue weighted by Crippen LogP contribution is -2.39. The van der Waals surface area contributed by atoms with Gasteiger partial charge in [0, 0.05) is 11.1 Å². The Morgan fingerprint density at radius 1 is 1.14 bits per heavy atom. The molecule has 0 saturated heterocycles. The SMILES string of the molecule is CC(C)(C)C(=O)NCC(=O)Nc1cccc2c1CCCC2. The lowest BCUT2D eigenvalue weighted by Gasteiger charge is -2.20. The minimum Gasteiger partial charge on any atom is -0.347 e. The highest BCUT2D eigenvalue weighted by Crippen LogP contribution is 2.27. The first-order chi connectivity index (χ1) is 9.88. The molecule has 21 heavy (non-hydrogen) atoms. The minimum atomic E-state index is -0.480. The zero-order valence-electron chi connectivity index (χ0n) is 13.1. The van der Waals surface area contributed by atoms with Crippen LogP contribution in [0.3, 0.4) is 0 Å². The largest absolute Gasteiger partial charge is 0.347 e. The zero-order valence-corrected chi connectivity index (χ0v) is 13.1. The second-order valence-corrected chi connectivity index (χ2v) is 6.63. The van der Waals surface area contributed by atoms with E-state index in [2.05, 4.69) is 16.7 Å². The van der Waals surface area contributed by atoms with Crippen LogP contribution in [-0.2, 0) is 22.4 Å². The van der Waals surface area contributed by atoms with Crippen molar-refractivity contribution in [2.45, 2.75) is 46.5 Å². The standard InChI is InChI=1S/C17H24N2O2/c1-17(2,3)16(21)18-11-15(20)19-14-10-6-8-12-7-4-5-9-13(12)14/h6,8,10H,4-5,7,9,11H2,1-3H3,(H,18,21)(H,19,20). The number of nitrogens with one attached hydrogen (secondary N) is 2. The van der Waals surface area contributed by atoms with Crippen molar-refractivity contribution in [2.24, 2.45) is 5.41 Å². The van der Waals surface area contributed by atoms with E-state index in [0.29, 0.717) is 0 Å². The van der Waals surface area contributed by atoms with E-state index in [0.717, 1.165) is 18.5 Å². The van der Waals surface area contributed by atoms with Crippen LogP contribution in [0.4, 0.5) is 5.69 Å². The molecule has 0 bridgehead atoms. The highest BCUT2D eigenvalue weighted by atomic mass is 16.2. The molecule has 0 radical (unpaired) electrons. The fourth-order valence-corrected chi connectivity index (χ4v) is 2.52. The quantitative estimate of drug-likeness (QED) is 0.898. The van der Waals surface area contributed by atoms with E-state index in [4.69, 9.17) is 0 Å². The minimum absolute atomic E-state index is 0.0137. The summed E-state index contributed by atoms with van der Waals surface area (Å²) < 4.78 is 0. The molecule has 0 spiro atoms. The molecule has 4 nitrogen and oxygen atoms in total. The number of aryl methyl sites for hydroxylation is 1. The van der Waals surface area contributed by atoms with Crippen LogP contribution < -0.4 is 10.6 Å². The van der Waals surface area contributed by atoms with E-state index >= 15 is 0 Å². The van der Waals surface area contributed by atoms with E-state index in [1.54, 1.807) is 0 Å². The van der Waals surface area contributed by atoms with Crippen LogP contribution in [0.1, 0.15) is 44.7 Å². The summed E-state index contributed by atoms with van der Waals surface area (Å²) in [6, 6.07) is 6.05. The van der Waals surface area contributed by atoms with Gasteiger partial charge in [-0.15, -0.1) is 0 Å². The normalized spacial score (nSPS) is 14.2. The Morgan fingerprint density at radius 2 is 1.86 bits per heavy atom. The number of hydrogen-bond donors (Lipinski definition) is 2. The molecule has 0 atom stereocenters. The monoisotopic (exact) mass is 288 g/mol. The number of anilines is 1. The van der Waals surface area contributed by atoms with Gasteiger partial charge in [0.05, 0.1) is 6.54 Å². The van der Waals surface area contributed by atoms with Crippen LogP contribution in [0.15, 0.2) is 18.2 Å². The molecule has 2 rings (SSSR count). The fourth-order valence-electron chi connectivity index (χ4n) is 2.52. The molecule has 2 amide bonds. The van der Waals surface area contributed by atoms with Gasteiger partial charge in [-0.25, -0.2) is 0 Å². The van der Waals surface area contributed by atoms with Gasteiger partial charge >= 0.3 is 0 Å². The second kappa shape index (κ2) is 6.29. The second-order valence-electron chi connectivity index (χ2n) is 6.63. The summed E-state index contributed by atoms with van der Waals surface area (Å²) in [6.07, 6.45) is 4.48. The van der Waals surface area contributed by atoms with Crippen molar-refractivity contribution in [1.82, 2.24) is 5.32 Å². The fraction of sp³-hybridized carbons (Fsp3) is 0.529. The van der Waals surface area contributed by atoms with Crippen LogP contribution in [0.25, 0.3) is 0 Å². The average Bonchev–Trinajstić information content (AvgIpc) is 2.44. The first-order valence-corrected chi connectivity index (χ1v) is 7.57.